The third-order valence-corrected chi connectivity index (χ3v) is 12.7. The highest BCUT2D eigenvalue weighted by molar-refractivity contribution is 6.31. The molecule has 4 aromatic rings. The van der Waals surface area contributed by atoms with Crippen LogP contribution in [0.4, 0.5) is 14.9 Å². The molecule has 3 aliphatic carbocycles. The van der Waals surface area contributed by atoms with Crippen molar-refractivity contribution in [3.63, 3.8) is 0 Å². The van der Waals surface area contributed by atoms with Crippen LogP contribution >= 0.6 is 11.6 Å². The molecule has 0 unspecified atom stereocenters. The number of fused-ring (bicyclic) bond motifs is 8. The summed E-state index contributed by atoms with van der Waals surface area (Å²) >= 11 is 6.41. The highest BCUT2D eigenvalue weighted by atomic mass is 35.5. The van der Waals surface area contributed by atoms with Crippen molar-refractivity contribution in [2.75, 3.05) is 33.2 Å². The predicted molar refractivity (Wildman–Crippen MR) is 225 cm³/mol. The van der Waals surface area contributed by atoms with E-state index in [0.717, 1.165) is 22.3 Å². The standard InChI is InChI=1S/C47H54ClFN2O7/c1-30-8-7-22-46(2)40(37-20-12-31(24-34(52)16-11-30)25-38(37)43(53)27-39-41(48)9-6-10-42(39)49)21-23-47(46,55)29-51(28-32-13-17-36(57-4)26-44(32)58-5)45(54)50-33-14-18-35(56-3)19-15-33/h6,8-10,12-15,17-20,25-26,34,40,52,55H,7,11,16,21-24,27-29H2,1-5H3,(H,50,54)/t34-,40-,46-,47+/m0/s1. The third-order valence-electron chi connectivity index (χ3n) is 12.3. The van der Waals surface area contributed by atoms with Crippen molar-refractivity contribution in [1.29, 1.82) is 0 Å². The maximum atomic E-state index is 15.1. The highest BCUT2D eigenvalue weighted by Crippen LogP contribution is 2.59. The van der Waals surface area contributed by atoms with Gasteiger partial charge in [-0.1, -0.05) is 48.4 Å². The first-order valence-electron chi connectivity index (χ1n) is 19.8. The van der Waals surface area contributed by atoms with Gasteiger partial charge in [0.15, 0.2) is 5.78 Å². The zero-order valence-electron chi connectivity index (χ0n) is 33.9. The Morgan fingerprint density at radius 2 is 1.69 bits per heavy atom. The number of carbonyl (C=O) groups is 2. The van der Waals surface area contributed by atoms with E-state index < -0.39 is 29.0 Å². The van der Waals surface area contributed by atoms with E-state index in [1.165, 1.54) is 12.1 Å². The second-order valence-electron chi connectivity index (χ2n) is 15.9. The third kappa shape index (κ3) is 9.35. The monoisotopic (exact) mass is 812 g/mol. The van der Waals surface area contributed by atoms with Crippen LogP contribution in [0.1, 0.15) is 90.9 Å². The molecule has 308 valence electrons. The maximum absolute atomic E-state index is 15.1. The molecule has 2 bridgehead atoms. The lowest BCUT2D eigenvalue weighted by atomic mass is 9.64. The molecule has 4 aromatic carbocycles. The Morgan fingerprint density at radius 1 is 0.948 bits per heavy atom. The number of amides is 2. The molecule has 4 atom stereocenters. The summed E-state index contributed by atoms with van der Waals surface area (Å²) in [6, 6.07) is 22.1. The predicted octanol–water partition coefficient (Wildman–Crippen LogP) is 9.70. The number of aliphatic hydroxyl groups excluding tert-OH is 1. The summed E-state index contributed by atoms with van der Waals surface area (Å²) in [6.45, 7) is 4.21. The van der Waals surface area contributed by atoms with Crippen LogP contribution in [-0.2, 0) is 19.4 Å². The quantitative estimate of drug-likeness (QED) is 0.102. The van der Waals surface area contributed by atoms with E-state index >= 15 is 4.39 Å². The molecule has 0 aliphatic heterocycles. The number of Topliss-reactive ketones (excluding diaryl/α,β-unsaturated/α-hetero) is 1. The van der Waals surface area contributed by atoms with Gasteiger partial charge >= 0.3 is 6.03 Å². The SMILES string of the molecule is COc1ccc(NC(=O)N(Cc2ccc(OC)cc2OC)C[C@]2(O)CC[C@H]3c4ccc(cc4C(=O)Cc4c(F)cccc4Cl)C[C@@H](O)CCC(C)=CCC[C@@]32C)cc1. The van der Waals surface area contributed by atoms with Crippen LogP contribution in [0, 0.1) is 11.2 Å². The molecule has 1 fully saturated rings. The number of nitrogens with one attached hydrogen (secondary N) is 1. The minimum atomic E-state index is -1.42. The van der Waals surface area contributed by atoms with Gasteiger partial charge in [0.1, 0.15) is 23.1 Å². The number of hydrogen-bond donors (Lipinski definition) is 3. The van der Waals surface area contributed by atoms with Crippen LogP contribution in [0.15, 0.2) is 90.5 Å². The fraction of sp³-hybridized carbons (Fsp3) is 0.404. The number of aliphatic hydroxyl groups is 2. The Labute approximate surface area is 345 Å². The number of allylic oxidation sites excluding steroid dienone is 2. The lowest BCUT2D eigenvalue weighted by Crippen LogP contribution is -2.54. The number of methoxy groups -OCH3 is 3. The summed E-state index contributed by atoms with van der Waals surface area (Å²) in [4.78, 5) is 30.4. The first-order chi connectivity index (χ1) is 27.8. The summed E-state index contributed by atoms with van der Waals surface area (Å²) in [7, 11) is 4.71. The molecule has 11 heteroatoms. The van der Waals surface area contributed by atoms with E-state index in [0.29, 0.717) is 73.4 Å². The number of ketones is 1. The summed E-state index contributed by atoms with van der Waals surface area (Å²) in [5.41, 5.74) is 2.25. The molecule has 0 spiro atoms. The summed E-state index contributed by atoms with van der Waals surface area (Å²) in [5.74, 6) is 0.613. The van der Waals surface area contributed by atoms with Crippen molar-refractivity contribution in [3.8, 4) is 17.2 Å². The zero-order chi connectivity index (χ0) is 41.6. The van der Waals surface area contributed by atoms with Crippen molar-refractivity contribution in [2.45, 2.75) is 89.4 Å². The molecule has 7 rings (SSSR count). The van der Waals surface area contributed by atoms with E-state index in [1.807, 2.05) is 24.3 Å². The van der Waals surface area contributed by atoms with Crippen molar-refractivity contribution in [3.05, 3.63) is 129 Å². The molecule has 0 saturated heterocycles. The van der Waals surface area contributed by atoms with Crippen LogP contribution in [0.2, 0.25) is 5.02 Å². The van der Waals surface area contributed by atoms with E-state index in [2.05, 4.69) is 25.2 Å². The van der Waals surface area contributed by atoms with Gasteiger partial charge in [-0.15, -0.1) is 0 Å². The van der Waals surface area contributed by atoms with Crippen molar-refractivity contribution >= 4 is 29.1 Å². The summed E-state index contributed by atoms with van der Waals surface area (Å²) in [5, 5.41) is 27.4. The number of nitrogens with zero attached hydrogens (tertiary/aromatic N) is 1. The van der Waals surface area contributed by atoms with E-state index in [9.17, 15) is 19.8 Å². The maximum Gasteiger partial charge on any atom is 0.322 e. The van der Waals surface area contributed by atoms with Crippen LogP contribution in [0.25, 0.3) is 0 Å². The van der Waals surface area contributed by atoms with Gasteiger partial charge in [0.2, 0.25) is 0 Å². The topological polar surface area (TPSA) is 118 Å². The Morgan fingerprint density at radius 3 is 2.40 bits per heavy atom. The molecule has 0 heterocycles. The first kappa shape index (κ1) is 42.7. The van der Waals surface area contributed by atoms with Gasteiger partial charge in [0.25, 0.3) is 0 Å². The Balaban J connectivity index is 1.42. The van der Waals surface area contributed by atoms with Gasteiger partial charge in [0, 0.05) is 45.3 Å². The number of urea groups is 1. The fourth-order valence-corrected chi connectivity index (χ4v) is 9.01. The lowest BCUT2D eigenvalue weighted by molar-refractivity contribution is -0.0773. The van der Waals surface area contributed by atoms with Gasteiger partial charge in [-0.2, -0.15) is 0 Å². The highest BCUT2D eigenvalue weighted by Gasteiger charge is 2.57. The second kappa shape index (κ2) is 18.4. The molecule has 0 aromatic heterocycles. The largest absolute Gasteiger partial charge is 0.497 e. The number of benzene rings is 4. The number of anilines is 1. The smallest absolute Gasteiger partial charge is 0.322 e. The number of halogens is 2. The number of hydrogen-bond acceptors (Lipinski definition) is 7. The van der Waals surface area contributed by atoms with Crippen molar-refractivity contribution in [1.82, 2.24) is 4.90 Å². The molecule has 2 amide bonds. The number of ether oxygens (including phenoxy) is 3. The van der Waals surface area contributed by atoms with Gasteiger partial charge in [0.05, 0.1) is 46.1 Å². The van der Waals surface area contributed by atoms with Crippen molar-refractivity contribution in [2.24, 2.45) is 5.41 Å². The molecule has 3 aliphatic rings. The fourth-order valence-electron chi connectivity index (χ4n) is 8.78. The Kier molecular flexibility index (Phi) is 13.5. The number of rotatable bonds is 11. The Hall–Kier alpha value is -4.90. The molecule has 1 saturated carbocycles. The zero-order valence-corrected chi connectivity index (χ0v) is 34.7. The minimum Gasteiger partial charge on any atom is -0.497 e. The van der Waals surface area contributed by atoms with Crippen molar-refractivity contribution < 1.29 is 38.4 Å². The summed E-state index contributed by atoms with van der Waals surface area (Å²) in [6.07, 6.45) is 4.96. The van der Waals surface area contributed by atoms with Crippen LogP contribution in [-0.4, -0.2) is 66.5 Å². The van der Waals surface area contributed by atoms with Crippen LogP contribution < -0.4 is 19.5 Å². The van der Waals surface area contributed by atoms with Gasteiger partial charge in [-0.3, -0.25) is 4.79 Å². The first-order valence-corrected chi connectivity index (χ1v) is 20.2. The molecule has 9 nitrogen and oxygen atoms in total. The molecular formula is C47H54ClFN2O7. The van der Waals surface area contributed by atoms with Crippen LogP contribution in [0.5, 0.6) is 17.2 Å². The number of carbonyl (C=O) groups excluding carboxylic acids is 2. The lowest BCUT2D eigenvalue weighted by Gasteiger charge is -2.46. The van der Waals surface area contributed by atoms with E-state index in [-0.39, 0.29) is 41.8 Å². The van der Waals surface area contributed by atoms with Gasteiger partial charge in [-0.05, 0) is 124 Å². The minimum absolute atomic E-state index is 0.0295. The normalized spacial score (nSPS) is 22.0. The molecule has 0 radical (unpaired) electrons. The summed E-state index contributed by atoms with van der Waals surface area (Å²) < 4.78 is 31.5. The van der Waals surface area contributed by atoms with E-state index in [4.69, 9.17) is 25.8 Å². The molecule has 3 N–H and O–H groups in total. The molecular weight excluding hydrogens is 759 g/mol. The van der Waals surface area contributed by atoms with Crippen LogP contribution in [0.3, 0.4) is 0 Å². The average molecular weight is 813 g/mol. The van der Waals surface area contributed by atoms with Gasteiger partial charge in [-0.25, -0.2) is 9.18 Å². The Bertz CT molecular complexity index is 2120. The average Bonchev–Trinajstić information content (AvgIpc) is 3.46. The van der Waals surface area contributed by atoms with E-state index in [1.54, 1.807) is 68.7 Å². The van der Waals surface area contributed by atoms with Gasteiger partial charge < -0.3 is 34.6 Å². The second-order valence-corrected chi connectivity index (χ2v) is 16.3. The molecule has 58 heavy (non-hydrogen) atoms.